The molecule has 0 aliphatic heterocycles. The Kier molecular flexibility index (Phi) is 4.76. The number of nitrogens with zero attached hydrogens (tertiary/aromatic N) is 3. The third kappa shape index (κ3) is 3.50. The maximum Gasteiger partial charge on any atom is 0.291 e. The topological polar surface area (TPSA) is 90.4 Å². The summed E-state index contributed by atoms with van der Waals surface area (Å²) in [5.41, 5.74) is 2.74. The molecule has 7 heteroatoms. The summed E-state index contributed by atoms with van der Waals surface area (Å²) in [6.45, 7) is 0. The average Bonchev–Trinajstić information content (AvgIpc) is 2.99. The molecule has 1 aromatic heterocycles. The average molecular weight is 291 g/mol. The van der Waals surface area contributed by atoms with Gasteiger partial charge in [0.2, 0.25) is 0 Å². The molecule has 1 aliphatic carbocycles. The smallest absolute Gasteiger partial charge is 0.291 e. The Bertz CT molecular complexity index is 594. The molecule has 1 unspecified atom stereocenters. The fourth-order valence-corrected chi connectivity index (χ4v) is 2.74. The van der Waals surface area contributed by atoms with Crippen LogP contribution in [-0.2, 0) is 6.42 Å². The minimum Gasteiger partial charge on any atom is -0.496 e. The van der Waals surface area contributed by atoms with Crippen molar-refractivity contribution in [3.05, 3.63) is 58.2 Å². The quantitative estimate of drug-likeness (QED) is 0.678. The SMILES string of the molecule is COc1cccc2c1CCCC2n1ccnc1.O=[N+]([O-])O. The van der Waals surface area contributed by atoms with Gasteiger partial charge in [-0.3, -0.25) is 0 Å². The Balaban J connectivity index is 0.000000361. The molecule has 0 fully saturated rings. The van der Waals surface area contributed by atoms with E-state index < -0.39 is 5.09 Å². The van der Waals surface area contributed by atoms with Gasteiger partial charge in [-0.2, -0.15) is 0 Å². The summed E-state index contributed by atoms with van der Waals surface area (Å²) in [5.74, 6) is 1.02. The van der Waals surface area contributed by atoms with Crippen LogP contribution in [0.2, 0.25) is 0 Å². The first-order chi connectivity index (χ1) is 10.1. The molecule has 1 atom stereocenters. The molecule has 112 valence electrons. The van der Waals surface area contributed by atoms with Crippen molar-refractivity contribution < 1.29 is 15.0 Å². The lowest BCUT2D eigenvalue weighted by Crippen LogP contribution is -2.16. The van der Waals surface area contributed by atoms with Crippen LogP contribution in [0, 0.1) is 10.1 Å². The number of benzene rings is 1. The molecule has 1 N–H and O–H groups in total. The van der Waals surface area contributed by atoms with E-state index in [1.165, 1.54) is 24.0 Å². The normalized spacial score (nSPS) is 16.3. The van der Waals surface area contributed by atoms with Crippen LogP contribution in [0.4, 0.5) is 0 Å². The van der Waals surface area contributed by atoms with E-state index in [0.29, 0.717) is 6.04 Å². The monoisotopic (exact) mass is 291 g/mol. The highest BCUT2D eigenvalue weighted by Crippen LogP contribution is 2.37. The molecule has 1 aromatic carbocycles. The van der Waals surface area contributed by atoms with Crippen LogP contribution in [0.15, 0.2) is 36.9 Å². The predicted octanol–water partition coefficient (Wildman–Crippen LogP) is 2.47. The lowest BCUT2D eigenvalue weighted by atomic mass is 9.87. The molecule has 21 heavy (non-hydrogen) atoms. The minimum absolute atomic E-state index is 0.413. The van der Waals surface area contributed by atoms with Gasteiger partial charge in [-0.15, -0.1) is 10.1 Å². The third-order valence-corrected chi connectivity index (χ3v) is 3.54. The van der Waals surface area contributed by atoms with Crippen LogP contribution in [0.25, 0.3) is 0 Å². The van der Waals surface area contributed by atoms with E-state index in [0.717, 1.165) is 12.2 Å². The van der Waals surface area contributed by atoms with Gasteiger partial charge < -0.3 is 14.5 Å². The van der Waals surface area contributed by atoms with Crippen LogP contribution in [0.5, 0.6) is 5.75 Å². The van der Waals surface area contributed by atoms with Gasteiger partial charge in [-0.05, 0) is 36.5 Å². The van der Waals surface area contributed by atoms with E-state index in [9.17, 15) is 0 Å². The van der Waals surface area contributed by atoms with Gasteiger partial charge in [0.15, 0.2) is 0 Å². The molecule has 0 spiro atoms. The number of methoxy groups -OCH3 is 1. The first-order valence-electron chi connectivity index (χ1n) is 6.60. The molecule has 0 saturated heterocycles. The number of hydrogen-bond acceptors (Lipinski definition) is 4. The van der Waals surface area contributed by atoms with Crippen molar-refractivity contribution in [1.82, 2.24) is 9.55 Å². The molecule has 1 heterocycles. The minimum atomic E-state index is -1.50. The maximum absolute atomic E-state index is 8.36. The summed E-state index contributed by atoms with van der Waals surface area (Å²) in [6.07, 6.45) is 9.28. The van der Waals surface area contributed by atoms with Gasteiger partial charge in [0.25, 0.3) is 5.09 Å². The lowest BCUT2D eigenvalue weighted by molar-refractivity contribution is -0.742. The number of fused-ring (bicyclic) bond motifs is 1. The molecule has 3 rings (SSSR count). The van der Waals surface area contributed by atoms with Gasteiger partial charge in [0.05, 0.1) is 19.5 Å². The van der Waals surface area contributed by atoms with E-state index in [1.54, 1.807) is 7.11 Å². The molecule has 0 radical (unpaired) electrons. The van der Waals surface area contributed by atoms with Crippen LogP contribution in [-0.4, -0.2) is 27.0 Å². The Morgan fingerprint density at radius 2 is 2.29 bits per heavy atom. The van der Waals surface area contributed by atoms with Crippen molar-refractivity contribution in [2.75, 3.05) is 7.11 Å². The van der Waals surface area contributed by atoms with Gasteiger partial charge in [-0.1, -0.05) is 12.1 Å². The fourth-order valence-electron chi connectivity index (χ4n) is 2.74. The van der Waals surface area contributed by atoms with E-state index >= 15 is 0 Å². The first kappa shape index (κ1) is 14.8. The molecule has 2 aromatic rings. The zero-order chi connectivity index (χ0) is 15.2. The Morgan fingerprint density at radius 3 is 2.90 bits per heavy atom. The Labute approximate surface area is 121 Å². The van der Waals surface area contributed by atoms with E-state index in [2.05, 4.69) is 27.8 Å². The number of ether oxygens (including phenoxy) is 1. The number of aromatic nitrogens is 2. The molecule has 0 bridgehead atoms. The molecule has 7 nitrogen and oxygen atoms in total. The first-order valence-corrected chi connectivity index (χ1v) is 6.60. The van der Waals surface area contributed by atoms with E-state index in [4.69, 9.17) is 20.1 Å². The van der Waals surface area contributed by atoms with Gasteiger partial charge in [-0.25, -0.2) is 4.98 Å². The summed E-state index contributed by atoms with van der Waals surface area (Å²) in [7, 11) is 1.75. The predicted molar refractivity (Wildman–Crippen MR) is 75.1 cm³/mol. The molecular weight excluding hydrogens is 274 g/mol. The Hall–Kier alpha value is -2.57. The van der Waals surface area contributed by atoms with Crippen LogP contribution in [0.1, 0.15) is 30.0 Å². The highest BCUT2D eigenvalue weighted by atomic mass is 16.9. The van der Waals surface area contributed by atoms with Crippen molar-refractivity contribution in [3.8, 4) is 5.75 Å². The standard InChI is InChI=1S/C14H16N2O.HNO3/c1-17-14-7-3-4-11-12(14)5-2-6-13(11)16-9-8-15-10-16;2-1(3)4/h3-4,7-10,13H,2,5-6H2,1H3;(H,2,3,4). The largest absolute Gasteiger partial charge is 0.496 e. The van der Waals surface area contributed by atoms with Gasteiger partial charge >= 0.3 is 0 Å². The zero-order valence-corrected chi connectivity index (χ0v) is 11.7. The van der Waals surface area contributed by atoms with Crippen molar-refractivity contribution in [2.45, 2.75) is 25.3 Å². The summed E-state index contributed by atoms with van der Waals surface area (Å²) in [5, 5.41) is 13.6. The fraction of sp³-hybridized carbons (Fsp3) is 0.357. The molecular formula is C14H17N3O4. The second-order valence-corrected chi connectivity index (χ2v) is 4.68. The van der Waals surface area contributed by atoms with E-state index in [-0.39, 0.29) is 0 Å². The molecule has 1 aliphatic rings. The number of rotatable bonds is 2. The second-order valence-electron chi connectivity index (χ2n) is 4.68. The summed E-state index contributed by atoms with van der Waals surface area (Å²) >= 11 is 0. The second kappa shape index (κ2) is 6.74. The van der Waals surface area contributed by atoms with E-state index in [1.807, 2.05) is 18.7 Å². The Morgan fingerprint density at radius 1 is 1.52 bits per heavy atom. The summed E-state index contributed by atoms with van der Waals surface area (Å²) in [6, 6.07) is 6.75. The van der Waals surface area contributed by atoms with Crippen molar-refractivity contribution in [2.24, 2.45) is 0 Å². The number of imidazole rings is 1. The third-order valence-electron chi connectivity index (χ3n) is 3.54. The van der Waals surface area contributed by atoms with Gasteiger partial charge in [0, 0.05) is 12.4 Å². The molecule has 0 amide bonds. The van der Waals surface area contributed by atoms with Gasteiger partial charge in [0.1, 0.15) is 5.75 Å². The van der Waals surface area contributed by atoms with Crippen molar-refractivity contribution >= 4 is 0 Å². The van der Waals surface area contributed by atoms with Crippen LogP contribution in [0.3, 0.4) is 0 Å². The highest BCUT2D eigenvalue weighted by molar-refractivity contribution is 5.43. The molecule has 0 saturated carbocycles. The maximum atomic E-state index is 8.36. The van der Waals surface area contributed by atoms with Crippen molar-refractivity contribution in [1.29, 1.82) is 0 Å². The lowest BCUT2D eigenvalue weighted by Gasteiger charge is -2.27. The highest BCUT2D eigenvalue weighted by Gasteiger charge is 2.23. The number of hydrogen-bond donors (Lipinski definition) is 1. The van der Waals surface area contributed by atoms with Crippen LogP contribution >= 0.6 is 0 Å². The van der Waals surface area contributed by atoms with Crippen molar-refractivity contribution in [3.63, 3.8) is 0 Å². The van der Waals surface area contributed by atoms with Crippen LogP contribution < -0.4 is 4.74 Å². The summed E-state index contributed by atoms with van der Waals surface area (Å²) in [4.78, 5) is 12.5. The zero-order valence-electron chi connectivity index (χ0n) is 11.7. The summed E-state index contributed by atoms with van der Waals surface area (Å²) < 4.78 is 7.65.